The lowest BCUT2D eigenvalue weighted by atomic mass is 9.95. The highest BCUT2D eigenvalue weighted by atomic mass is 16.5. The molecule has 0 aromatic heterocycles. The number of carbonyl (C=O) groups excluding carboxylic acids is 4. The van der Waals surface area contributed by atoms with Crippen molar-refractivity contribution in [1.82, 2.24) is 10.2 Å². The quantitative estimate of drug-likeness (QED) is 0.561. The summed E-state index contributed by atoms with van der Waals surface area (Å²) in [7, 11) is 0. The van der Waals surface area contributed by atoms with Crippen molar-refractivity contribution in [2.45, 2.75) is 70.9 Å². The SMILES string of the molecule is Cc1ccc2c(c1)C(=O)N(CCCC(=O)OC(C)C(=O)NC1CCCCC1)C2=O. The second-order valence-corrected chi connectivity index (χ2v) is 7.89. The lowest BCUT2D eigenvalue weighted by Gasteiger charge is -2.24. The summed E-state index contributed by atoms with van der Waals surface area (Å²) >= 11 is 0. The number of rotatable bonds is 7. The highest BCUT2D eigenvalue weighted by molar-refractivity contribution is 6.21. The summed E-state index contributed by atoms with van der Waals surface area (Å²) in [6.07, 6.45) is 4.81. The van der Waals surface area contributed by atoms with E-state index in [1.54, 1.807) is 25.1 Å². The Kier molecular flexibility index (Phi) is 6.67. The van der Waals surface area contributed by atoms with Crippen molar-refractivity contribution in [3.05, 3.63) is 34.9 Å². The van der Waals surface area contributed by atoms with Gasteiger partial charge in [-0.1, -0.05) is 30.9 Å². The molecule has 1 aliphatic carbocycles. The highest BCUT2D eigenvalue weighted by Crippen LogP contribution is 2.24. The van der Waals surface area contributed by atoms with Gasteiger partial charge in [-0.05, 0) is 45.2 Å². The molecule has 7 nitrogen and oxygen atoms in total. The van der Waals surface area contributed by atoms with E-state index in [0.29, 0.717) is 17.5 Å². The van der Waals surface area contributed by atoms with Crippen molar-refractivity contribution in [2.24, 2.45) is 0 Å². The Balaban J connectivity index is 1.42. The summed E-state index contributed by atoms with van der Waals surface area (Å²) in [4.78, 5) is 50.2. The number of nitrogens with zero attached hydrogens (tertiary/aromatic N) is 1. The smallest absolute Gasteiger partial charge is 0.306 e. The van der Waals surface area contributed by atoms with E-state index in [1.807, 2.05) is 6.92 Å². The predicted molar refractivity (Wildman–Crippen MR) is 106 cm³/mol. The maximum absolute atomic E-state index is 12.4. The molecule has 1 aliphatic heterocycles. The summed E-state index contributed by atoms with van der Waals surface area (Å²) in [6, 6.07) is 5.32. The van der Waals surface area contributed by atoms with Gasteiger partial charge >= 0.3 is 5.97 Å². The first kappa shape index (κ1) is 21.0. The number of carbonyl (C=O) groups is 4. The number of fused-ring (bicyclic) bond motifs is 1. The van der Waals surface area contributed by atoms with Gasteiger partial charge in [-0.25, -0.2) is 0 Å². The minimum Gasteiger partial charge on any atom is -0.453 e. The molecule has 2 aliphatic rings. The molecule has 1 aromatic carbocycles. The molecule has 1 N–H and O–H groups in total. The zero-order valence-corrected chi connectivity index (χ0v) is 17.0. The number of aryl methyl sites for hydroxylation is 1. The summed E-state index contributed by atoms with van der Waals surface area (Å²) < 4.78 is 5.21. The van der Waals surface area contributed by atoms with Gasteiger partial charge in [-0.2, -0.15) is 0 Å². The van der Waals surface area contributed by atoms with Gasteiger partial charge in [-0.15, -0.1) is 0 Å². The van der Waals surface area contributed by atoms with Gasteiger partial charge in [0.1, 0.15) is 0 Å². The fourth-order valence-electron chi connectivity index (χ4n) is 3.86. The summed E-state index contributed by atoms with van der Waals surface area (Å²) in [5.41, 5.74) is 1.72. The lowest BCUT2D eigenvalue weighted by Crippen LogP contribution is -2.42. The van der Waals surface area contributed by atoms with Crippen LogP contribution >= 0.6 is 0 Å². The zero-order valence-electron chi connectivity index (χ0n) is 17.0. The third-order valence-electron chi connectivity index (χ3n) is 5.52. The maximum Gasteiger partial charge on any atom is 0.306 e. The summed E-state index contributed by atoms with van der Waals surface area (Å²) in [5.74, 6) is -1.45. The average molecular weight is 400 g/mol. The molecule has 3 rings (SSSR count). The van der Waals surface area contributed by atoms with E-state index in [2.05, 4.69) is 5.32 Å². The van der Waals surface area contributed by atoms with Crippen LogP contribution < -0.4 is 5.32 Å². The standard InChI is InChI=1S/C22H28N2O5/c1-14-10-11-17-18(13-14)22(28)24(21(17)27)12-6-9-19(25)29-15(2)20(26)23-16-7-4-3-5-8-16/h10-11,13,15-16H,3-9,12H2,1-2H3,(H,23,26). The molecule has 3 amide bonds. The van der Waals surface area contributed by atoms with Gasteiger partial charge in [0, 0.05) is 19.0 Å². The van der Waals surface area contributed by atoms with Gasteiger partial charge in [0.25, 0.3) is 17.7 Å². The fraction of sp³-hybridized carbons (Fsp3) is 0.545. The highest BCUT2D eigenvalue weighted by Gasteiger charge is 2.35. The second kappa shape index (κ2) is 9.20. The monoisotopic (exact) mass is 400 g/mol. The molecule has 7 heteroatoms. The average Bonchev–Trinajstić information content (AvgIpc) is 2.93. The minimum atomic E-state index is -0.855. The van der Waals surface area contributed by atoms with E-state index in [9.17, 15) is 19.2 Å². The largest absolute Gasteiger partial charge is 0.453 e. The van der Waals surface area contributed by atoms with Crippen LogP contribution in [0.4, 0.5) is 0 Å². The molecule has 156 valence electrons. The van der Waals surface area contributed by atoms with E-state index in [-0.39, 0.29) is 36.7 Å². The lowest BCUT2D eigenvalue weighted by molar-refractivity contribution is -0.155. The number of ether oxygens (including phenoxy) is 1. The minimum absolute atomic E-state index is 0.0352. The molecule has 0 saturated heterocycles. The summed E-state index contributed by atoms with van der Waals surface area (Å²) in [5, 5.41) is 2.94. The Morgan fingerprint density at radius 3 is 2.55 bits per heavy atom. The van der Waals surface area contributed by atoms with Crippen LogP contribution in [0.15, 0.2) is 18.2 Å². The number of nitrogens with one attached hydrogen (secondary N) is 1. The number of hydrogen-bond acceptors (Lipinski definition) is 5. The van der Waals surface area contributed by atoms with Crippen LogP contribution in [0.1, 0.15) is 78.1 Å². The van der Waals surface area contributed by atoms with Crippen molar-refractivity contribution in [3.8, 4) is 0 Å². The van der Waals surface area contributed by atoms with Gasteiger partial charge < -0.3 is 10.1 Å². The first-order valence-electron chi connectivity index (χ1n) is 10.3. The molecule has 0 radical (unpaired) electrons. The Hall–Kier alpha value is -2.70. The third kappa shape index (κ3) is 5.02. The van der Waals surface area contributed by atoms with Crippen LogP contribution in [-0.4, -0.2) is 47.3 Å². The Labute approximate surface area is 170 Å². The number of benzene rings is 1. The van der Waals surface area contributed by atoms with Crippen LogP contribution in [0.5, 0.6) is 0 Å². The van der Waals surface area contributed by atoms with E-state index in [1.165, 1.54) is 6.42 Å². The topological polar surface area (TPSA) is 92.8 Å². The van der Waals surface area contributed by atoms with E-state index < -0.39 is 12.1 Å². The molecule has 0 bridgehead atoms. The molecule has 1 fully saturated rings. The number of imide groups is 1. The van der Waals surface area contributed by atoms with Crippen LogP contribution in [0.2, 0.25) is 0 Å². The van der Waals surface area contributed by atoms with Crippen LogP contribution in [0.25, 0.3) is 0 Å². The van der Waals surface area contributed by atoms with Crippen LogP contribution in [-0.2, 0) is 14.3 Å². The van der Waals surface area contributed by atoms with Crippen molar-refractivity contribution >= 4 is 23.7 Å². The van der Waals surface area contributed by atoms with Crippen molar-refractivity contribution < 1.29 is 23.9 Å². The fourth-order valence-corrected chi connectivity index (χ4v) is 3.86. The molecule has 1 atom stereocenters. The van der Waals surface area contributed by atoms with Crippen LogP contribution in [0, 0.1) is 6.92 Å². The van der Waals surface area contributed by atoms with Gasteiger partial charge in [-0.3, -0.25) is 24.1 Å². The normalized spacial score (nSPS) is 17.8. The Bertz CT molecular complexity index is 813. The zero-order chi connectivity index (χ0) is 21.0. The van der Waals surface area contributed by atoms with Gasteiger partial charge in [0.15, 0.2) is 6.10 Å². The number of amides is 3. The van der Waals surface area contributed by atoms with Gasteiger partial charge in [0.2, 0.25) is 0 Å². The summed E-state index contributed by atoms with van der Waals surface area (Å²) in [6.45, 7) is 3.56. The van der Waals surface area contributed by atoms with E-state index in [4.69, 9.17) is 4.74 Å². The third-order valence-corrected chi connectivity index (χ3v) is 5.52. The Morgan fingerprint density at radius 2 is 1.83 bits per heavy atom. The molecule has 1 aromatic rings. The molecular weight excluding hydrogens is 372 g/mol. The second-order valence-electron chi connectivity index (χ2n) is 7.89. The van der Waals surface area contributed by atoms with E-state index in [0.717, 1.165) is 36.1 Å². The molecule has 1 unspecified atom stereocenters. The number of hydrogen-bond donors (Lipinski definition) is 1. The first-order chi connectivity index (χ1) is 13.9. The first-order valence-corrected chi connectivity index (χ1v) is 10.3. The molecule has 29 heavy (non-hydrogen) atoms. The Morgan fingerprint density at radius 1 is 1.14 bits per heavy atom. The molecule has 1 saturated carbocycles. The predicted octanol–water partition coefficient (Wildman–Crippen LogP) is 2.75. The maximum atomic E-state index is 12.4. The van der Waals surface area contributed by atoms with E-state index >= 15 is 0 Å². The van der Waals surface area contributed by atoms with Crippen molar-refractivity contribution in [3.63, 3.8) is 0 Å². The molecule has 0 spiro atoms. The van der Waals surface area contributed by atoms with Gasteiger partial charge in [0.05, 0.1) is 11.1 Å². The number of esters is 1. The van der Waals surface area contributed by atoms with Crippen molar-refractivity contribution in [2.75, 3.05) is 6.54 Å². The van der Waals surface area contributed by atoms with Crippen LogP contribution in [0.3, 0.4) is 0 Å². The van der Waals surface area contributed by atoms with Crippen molar-refractivity contribution in [1.29, 1.82) is 0 Å². The molecular formula is C22H28N2O5. The molecule has 1 heterocycles.